The van der Waals surface area contributed by atoms with E-state index in [-0.39, 0.29) is 25.0 Å². The van der Waals surface area contributed by atoms with Gasteiger partial charge >= 0.3 is 0 Å². The number of nitrogens with zero attached hydrogens (tertiary/aromatic N) is 2. The highest BCUT2D eigenvalue weighted by Gasteiger charge is 2.23. The molecule has 1 aliphatic rings. The Morgan fingerprint density at radius 3 is 2.62 bits per heavy atom. The smallest absolute Gasteiger partial charge is 0.240 e. The Morgan fingerprint density at radius 1 is 1.12 bits per heavy atom. The van der Waals surface area contributed by atoms with Crippen molar-refractivity contribution in [2.24, 2.45) is 0 Å². The van der Waals surface area contributed by atoms with Gasteiger partial charge in [-0.2, -0.15) is 0 Å². The zero-order valence-corrected chi connectivity index (χ0v) is 14.2. The fourth-order valence-corrected chi connectivity index (χ4v) is 2.91. The van der Waals surface area contributed by atoms with E-state index in [2.05, 4.69) is 21.7 Å². The Labute approximate surface area is 150 Å². The fraction of sp³-hybridized carbons (Fsp3) is 0.211. The van der Waals surface area contributed by atoms with Crippen LogP contribution < -0.4 is 16.4 Å². The predicted molar refractivity (Wildman–Crippen MR) is 101 cm³/mol. The van der Waals surface area contributed by atoms with Gasteiger partial charge in [0.05, 0.1) is 24.2 Å². The molecule has 0 unspecified atom stereocenters. The minimum absolute atomic E-state index is 0.0757. The summed E-state index contributed by atoms with van der Waals surface area (Å²) in [6.07, 6.45) is 0.568. The summed E-state index contributed by atoms with van der Waals surface area (Å²) in [6, 6.07) is 13.5. The van der Waals surface area contributed by atoms with E-state index in [4.69, 9.17) is 5.73 Å². The van der Waals surface area contributed by atoms with Crippen LogP contribution in [-0.2, 0) is 9.59 Å². The second-order valence-corrected chi connectivity index (χ2v) is 6.37. The zero-order valence-electron chi connectivity index (χ0n) is 14.2. The quantitative estimate of drug-likeness (QED) is 0.370. The molecule has 7 nitrogen and oxygen atoms in total. The van der Waals surface area contributed by atoms with Crippen molar-refractivity contribution in [3.63, 3.8) is 0 Å². The molecule has 0 saturated carbocycles. The van der Waals surface area contributed by atoms with Gasteiger partial charge in [-0.1, -0.05) is 12.1 Å². The molecule has 0 atom stereocenters. The van der Waals surface area contributed by atoms with E-state index in [0.717, 1.165) is 27.5 Å². The molecule has 132 valence electrons. The molecule has 4 N–H and O–H groups in total. The number of aromatic nitrogens is 1. The number of carbonyl (C=O) groups excluding carboxylic acids is 2. The summed E-state index contributed by atoms with van der Waals surface area (Å²) < 4.78 is 0. The number of rotatable bonds is 5. The van der Waals surface area contributed by atoms with E-state index in [1.165, 1.54) is 0 Å². The van der Waals surface area contributed by atoms with E-state index < -0.39 is 0 Å². The molecule has 26 heavy (non-hydrogen) atoms. The fourth-order valence-electron chi connectivity index (χ4n) is 2.91. The van der Waals surface area contributed by atoms with Gasteiger partial charge in [0.15, 0.2) is 0 Å². The van der Waals surface area contributed by atoms with Crippen molar-refractivity contribution >= 4 is 45.0 Å². The first-order chi connectivity index (χ1) is 12.6. The number of carbonyl (C=O) groups is 2. The maximum absolute atomic E-state index is 11.9. The molecule has 0 radical (unpaired) electrons. The van der Waals surface area contributed by atoms with Crippen LogP contribution in [0.5, 0.6) is 0 Å². The van der Waals surface area contributed by atoms with Crippen molar-refractivity contribution in [1.29, 1.82) is 0 Å². The molecule has 3 aromatic rings. The molecular weight excluding hydrogens is 330 g/mol. The van der Waals surface area contributed by atoms with Gasteiger partial charge in [-0.3, -0.25) is 9.59 Å². The van der Waals surface area contributed by atoms with Crippen LogP contribution in [0.3, 0.4) is 0 Å². The minimum Gasteiger partial charge on any atom is -0.399 e. The van der Waals surface area contributed by atoms with Gasteiger partial charge in [0.1, 0.15) is 0 Å². The largest absolute Gasteiger partial charge is 0.399 e. The summed E-state index contributed by atoms with van der Waals surface area (Å²) in [6.45, 7) is 1.11. The van der Waals surface area contributed by atoms with Crippen LogP contribution in [0, 0.1) is 0 Å². The van der Waals surface area contributed by atoms with Crippen LogP contribution in [0.15, 0.2) is 42.5 Å². The number of fused-ring (bicyclic) bond motifs is 2. The Kier molecular flexibility index (Phi) is 4.04. The van der Waals surface area contributed by atoms with Crippen LogP contribution in [0.25, 0.3) is 21.8 Å². The SMILES string of the molecule is Nc1ccc2cc3ccc(NCC(=O)NCN4CCC4=O)cc3nc2c1. The monoisotopic (exact) mass is 349 g/mol. The van der Waals surface area contributed by atoms with Gasteiger partial charge in [-0.25, -0.2) is 4.98 Å². The van der Waals surface area contributed by atoms with E-state index in [1.54, 1.807) is 4.90 Å². The third-order valence-electron chi connectivity index (χ3n) is 4.51. The van der Waals surface area contributed by atoms with Crippen LogP contribution in [0.4, 0.5) is 11.4 Å². The molecule has 1 aliphatic heterocycles. The number of anilines is 2. The van der Waals surface area contributed by atoms with Crippen molar-refractivity contribution in [2.45, 2.75) is 6.42 Å². The molecule has 4 rings (SSSR count). The number of hydrogen-bond donors (Lipinski definition) is 3. The summed E-state index contributed by atoms with van der Waals surface area (Å²) in [7, 11) is 0. The third kappa shape index (κ3) is 3.23. The predicted octanol–water partition coefficient (Wildman–Crippen LogP) is 1.69. The van der Waals surface area contributed by atoms with Crippen molar-refractivity contribution in [3.05, 3.63) is 42.5 Å². The number of nitrogen functional groups attached to an aromatic ring is 1. The molecule has 1 fully saturated rings. The molecule has 1 aromatic heterocycles. The van der Waals surface area contributed by atoms with E-state index >= 15 is 0 Å². The first kappa shape index (κ1) is 16.1. The lowest BCUT2D eigenvalue weighted by Gasteiger charge is -2.30. The summed E-state index contributed by atoms with van der Waals surface area (Å²) in [5.41, 5.74) is 8.99. The first-order valence-electron chi connectivity index (χ1n) is 8.47. The van der Waals surface area contributed by atoms with Crippen LogP contribution in [-0.4, -0.2) is 41.5 Å². The van der Waals surface area contributed by atoms with E-state index in [0.29, 0.717) is 18.7 Å². The van der Waals surface area contributed by atoms with Gasteiger partial charge in [-0.05, 0) is 30.3 Å². The van der Waals surface area contributed by atoms with Crippen molar-refractivity contribution in [1.82, 2.24) is 15.2 Å². The lowest BCUT2D eigenvalue weighted by molar-refractivity contribution is -0.140. The molecule has 2 amide bonds. The summed E-state index contributed by atoms with van der Waals surface area (Å²) in [5, 5.41) is 7.87. The van der Waals surface area contributed by atoms with Gasteiger partial charge in [0, 0.05) is 35.1 Å². The second kappa shape index (κ2) is 6.51. The number of amides is 2. The van der Waals surface area contributed by atoms with Gasteiger partial charge in [0.2, 0.25) is 11.8 Å². The molecule has 2 heterocycles. The molecule has 7 heteroatoms. The molecule has 0 aliphatic carbocycles. The summed E-state index contributed by atoms with van der Waals surface area (Å²) in [4.78, 5) is 29.4. The number of likely N-dealkylation sites (tertiary alicyclic amines) is 1. The number of benzene rings is 2. The van der Waals surface area contributed by atoms with E-state index in [1.807, 2.05) is 36.4 Å². The number of hydrogen-bond acceptors (Lipinski definition) is 5. The Balaban J connectivity index is 1.43. The van der Waals surface area contributed by atoms with Crippen molar-refractivity contribution < 1.29 is 9.59 Å². The van der Waals surface area contributed by atoms with E-state index in [9.17, 15) is 9.59 Å². The van der Waals surface area contributed by atoms with Crippen molar-refractivity contribution in [3.8, 4) is 0 Å². The van der Waals surface area contributed by atoms with Gasteiger partial charge in [-0.15, -0.1) is 0 Å². The van der Waals surface area contributed by atoms with Gasteiger partial charge < -0.3 is 21.3 Å². The highest BCUT2D eigenvalue weighted by molar-refractivity contribution is 5.95. The minimum atomic E-state index is -0.163. The topological polar surface area (TPSA) is 100 Å². The standard InChI is InChI=1S/C19H19N5O2/c20-14-3-1-12-7-13-2-4-15(9-17(13)23-16(12)8-14)21-10-18(25)22-11-24-6-5-19(24)26/h1-4,7-9,21H,5-6,10-11,20H2,(H,22,25). The Hall–Kier alpha value is -3.35. The summed E-state index contributed by atoms with van der Waals surface area (Å²) >= 11 is 0. The maximum atomic E-state index is 11.9. The first-order valence-corrected chi connectivity index (χ1v) is 8.47. The number of nitrogens with one attached hydrogen (secondary N) is 2. The van der Waals surface area contributed by atoms with Crippen LogP contribution >= 0.6 is 0 Å². The normalized spacial score (nSPS) is 13.7. The molecule has 0 bridgehead atoms. The highest BCUT2D eigenvalue weighted by atomic mass is 16.2. The molecular formula is C19H19N5O2. The highest BCUT2D eigenvalue weighted by Crippen LogP contribution is 2.23. The van der Waals surface area contributed by atoms with Crippen molar-refractivity contribution in [2.75, 3.05) is 30.8 Å². The van der Waals surface area contributed by atoms with Gasteiger partial charge in [0.25, 0.3) is 0 Å². The summed E-state index contributed by atoms with van der Waals surface area (Å²) in [5.74, 6) is -0.0873. The number of pyridine rings is 1. The lowest BCUT2D eigenvalue weighted by Crippen LogP contribution is -2.50. The Bertz CT molecular complexity index is 1020. The maximum Gasteiger partial charge on any atom is 0.240 e. The molecule has 1 saturated heterocycles. The second-order valence-electron chi connectivity index (χ2n) is 6.37. The van der Waals surface area contributed by atoms with Crippen LogP contribution in [0.2, 0.25) is 0 Å². The zero-order chi connectivity index (χ0) is 18.1. The average Bonchev–Trinajstić information content (AvgIpc) is 2.63. The molecule has 0 spiro atoms. The average molecular weight is 349 g/mol. The number of β-lactam (4-membered cyclic amide) rings is 1. The van der Waals surface area contributed by atoms with Crippen LogP contribution in [0.1, 0.15) is 6.42 Å². The molecule has 2 aromatic carbocycles. The third-order valence-corrected chi connectivity index (χ3v) is 4.51. The number of nitrogens with two attached hydrogens (primary N) is 1. The Morgan fingerprint density at radius 2 is 1.88 bits per heavy atom. The lowest BCUT2D eigenvalue weighted by atomic mass is 10.1.